The summed E-state index contributed by atoms with van der Waals surface area (Å²) in [7, 11) is -3.82. The molecule has 0 fully saturated rings. The average Bonchev–Trinajstić information content (AvgIpc) is 2.63. The number of thiophene rings is 1. The number of halogens is 2. The minimum absolute atomic E-state index is 0.0198. The van der Waals surface area contributed by atoms with E-state index in [9.17, 15) is 17.2 Å². The fourth-order valence-corrected chi connectivity index (χ4v) is 3.03. The first-order valence-corrected chi connectivity index (χ1v) is 6.37. The zero-order chi connectivity index (χ0) is 11.5. The summed E-state index contributed by atoms with van der Waals surface area (Å²) in [5.74, 6) is 0. The predicted octanol–water partition coefficient (Wildman–Crippen LogP) is 0.750. The molecule has 0 saturated carbocycles. The van der Waals surface area contributed by atoms with E-state index < -0.39 is 23.0 Å². The van der Waals surface area contributed by atoms with E-state index >= 15 is 0 Å². The van der Waals surface area contributed by atoms with Crippen molar-refractivity contribution in [1.29, 1.82) is 0 Å². The first kappa shape index (κ1) is 12.5. The van der Waals surface area contributed by atoms with Crippen LogP contribution in [0.15, 0.2) is 16.3 Å². The van der Waals surface area contributed by atoms with Gasteiger partial charge in [0.1, 0.15) is 0 Å². The van der Waals surface area contributed by atoms with Crippen LogP contribution < -0.4 is 10.5 Å². The molecule has 1 aromatic rings. The highest BCUT2D eigenvalue weighted by Gasteiger charge is 2.17. The summed E-state index contributed by atoms with van der Waals surface area (Å²) < 4.78 is 48.2. The lowest BCUT2D eigenvalue weighted by atomic mass is 10.5. The molecule has 1 rings (SSSR count). The van der Waals surface area contributed by atoms with E-state index in [1.54, 1.807) is 4.72 Å². The molecular formula is C7H10F2N2O2S2. The Morgan fingerprint density at radius 1 is 1.53 bits per heavy atom. The van der Waals surface area contributed by atoms with Crippen LogP contribution in [0.4, 0.5) is 8.78 Å². The van der Waals surface area contributed by atoms with Crippen LogP contribution in [-0.2, 0) is 16.6 Å². The lowest BCUT2D eigenvalue weighted by Gasteiger charge is -2.03. The van der Waals surface area contributed by atoms with E-state index in [0.29, 0.717) is 4.88 Å². The minimum Gasteiger partial charge on any atom is -0.326 e. The molecule has 0 aliphatic heterocycles. The van der Waals surface area contributed by atoms with Gasteiger partial charge in [-0.3, -0.25) is 0 Å². The number of nitrogens with two attached hydrogens (primary N) is 1. The summed E-state index contributed by atoms with van der Waals surface area (Å²) in [4.78, 5) is 0.668. The Bertz CT molecular complexity index is 416. The van der Waals surface area contributed by atoms with E-state index in [4.69, 9.17) is 5.73 Å². The van der Waals surface area contributed by atoms with Crippen molar-refractivity contribution in [3.8, 4) is 0 Å². The second-order valence-electron chi connectivity index (χ2n) is 2.70. The van der Waals surface area contributed by atoms with Crippen LogP contribution in [0.2, 0.25) is 0 Å². The summed E-state index contributed by atoms with van der Waals surface area (Å²) >= 11 is 1.18. The predicted molar refractivity (Wildman–Crippen MR) is 53.4 cm³/mol. The monoisotopic (exact) mass is 256 g/mol. The molecule has 0 unspecified atom stereocenters. The number of hydrogen-bond acceptors (Lipinski definition) is 4. The molecule has 86 valence electrons. The Hall–Kier alpha value is -0.570. The average molecular weight is 256 g/mol. The first-order valence-electron chi connectivity index (χ1n) is 4.01. The highest BCUT2D eigenvalue weighted by molar-refractivity contribution is 7.89. The van der Waals surface area contributed by atoms with Crippen LogP contribution in [0.3, 0.4) is 0 Å². The molecule has 0 aliphatic rings. The van der Waals surface area contributed by atoms with Gasteiger partial charge in [-0.1, -0.05) is 0 Å². The van der Waals surface area contributed by atoms with E-state index in [1.165, 1.54) is 22.8 Å². The number of alkyl halides is 2. The van der Waals surface area contributed by atoms with Crippen molar-refractivity contribution in [3.05, 3.63) is 16.3 Å². The molecule has 0 spiro atoms. The number of hydrogen-bond donors (Lipinski definition) is 2. The number of rotatable bonds is 5. The number of sulfonamides is 1. The van der Waals surface area contributed by atoms with Crippen LogP contribution in [-0.4, -0.2) is 21.4 Å². The van der Waals surface area contributed by atoms with Gasteiger partial charge in [0.15, 0.2) is 0 Å². The van der Waals surface area contributed by atoms with Crippen molar-refractivity contribution in [1.82, 2.24) is 4.72 Å². The third-order valence-corrected chi connectivity index (χ3v) is 4.08. The van der Waals surface area contributed by atoms with Crippen LogP contribution in [0.5, 0.6) is 0 Å². The maximum Gasteiger partial charge on any atom is 0.251 e. The molecule has 4 nitrogen and oxygen atoms in total. The van der Waals surface area contributed by atoms with Gasteiger partial charge in [0.2, 0.25) is 10.0 Å². The molecular weight excluding hydrogens is 246 g/mol. The summed E-state index contributed by atoms with van der Waals surface area (Å²) in [6, 6.07) is 1.37. The molecule has 0 aliphatic carbocycles. The first-order chi connectivity index (χ1) is 6.95. The van der Waals surface area contributed by atoms with Crippen molar-refractivity contribution in [3.63, 3.8) is 0 Å². The molecule has 0 saturated heterocycles. The van der Waals surface area contributed by atoms with Crippen molar-refractivity contribution >= 4 is 21.4 Å². The summed E-state index contributed by atoms with van der Waals surface area (Å²) in [5, 5.41) is 1.37. The van der Waals surface area contributed by atoms with E-state index in [0.717, 1.165) is 0 Å². The lowest BCUT2D eigenvalue weighted by molar-refractivity contribution is 0.153. The molecule has 0 aromatic carbocycles. The van der Waals surface area contributed by atoms with E-state index in [2.05, 4.69) is 0 Å². The van der Waals surface area contributed by atoms with Gasteiger partial charge in [-0.25, -0.2) is 21.9 Å². The van der Waals surface area contributed by atoms with Crippen LogP contribution in [0.1, 0.15) is 4.88 Å². The zero-order valence-electron chi connectivity index (χ0n) is 7.61. The third kappa shape index (κ3) is 3.49. The number of nitrogens with one attached hydrogen (secondary N) is 1. The Labute approximate surface area is 90.1 Å². The van der Waals surface area contributed by atoms with Crippen LogP contribution >= 0.6 is 11.3 Å². The summed E-state index contributed by atoms with van der Waals surface area (Å²) in [5.41, 5.74) is 5.30. The smallest absolute Gasteiger partial charge is 0.251 e. The second kappa shape index (κ2) is 4.97. The Morgan fingerprint density at radius 3 is 2.67 bits per heavy atom. The zero-order valence-corrected chi connectivity index (χ0v) is 9.25. The van der Waals surface area contributed by atoms with Crippen molar-refractivity contribution in [2.45, 2.75) is 17.9 Å². The minimum atomic E-state index is -3.82. The quantitative estimate of drug-likeness (QED) is 0.816. The van der Waals surface area contributed by atoms with Gasteiger partial charge in [-0.15, -0.1) is 11.3 Å². The van der Waals surface area contributed by atoms with Crippen molar-refractivity contribution in [2.24, 2.45) is 5.73 Å². The molecule has 8 heteroatoms. The Kier molecular flexibility index (Phi) is 4.14. The van der Waals surface area contributed by atoms with E-state index in [1.807, 2.05) is 0 Å². The van der Waals surface area contributed by atoms with Gasteiger partial charge in [-0.05, 0) is 6.07 Å². The lowest BCUT2D eigenvalue weighted by Crippen LogP contribution is -2.28. The normalized spacial score (nSPS) is 12.3. The highest BCUT2D eigenvalue weighted by Crippen LogP contribution is 2.18. The molecule has 0 amide bonds. The molecule has 0 radical (unpaired) electrons. The molecule has 3 N–H and O–H groups in total. The van der Waals surface area contributed by atoms with Gasteiger partial charge < -0.3 is 5.73 Å². The second-order valence-corrected chi connectivity index (χ2v) is 5.46. The van der Waals surface area contributed by atoms with Crippen molar-refractivity contribution < 1.29 is 17.2 Å². The maximum absolute atomic E-state index is 11.8. The van der Waals surface area contributed by atoms with Crippen molar-refractivity contribution in [2.75, 3.05) is 6.54 Å². The highest BCUT2D eigenvalue weighted by atomic mass is 32.2. The molecule has 1 aromatic heterocycles. The third-order valence-electron chi connectivity index (χ3n) is 1.57. The Balaban J connectivity index is 2.77. The van der Waals surface area contributed by atoms with Gasteiger partial charge in [0, 0.05) is 16.8 Å². The Morgan fingerprint density at radius 2 is 2.20 bits per heavy atom. The largest absolute Gasteiger partial charge is 0.326 e. The summed E-state index contributed by atoms with van der Waals surface area (Å²) in [6.07, 6.45) is -2.70. The van der Waals surface area contributed by atoms with Gasteiger partial charge >= 0.3 is 0 Å². The van der Waals surface area contributed by atoms with Gasteiger partial charge in [0.05, 0.1) is 11.4 Å². The topological polar surface area (TPSA) is 72.2 Å². The van der Waals surface area contributed by atoms with Gasteiger partial charge in [-0.2, -0.15) is 0 Å². The van der Waals surface area contributed by atoms with Crippen LogP contribution in [0, 0.1) is 0 Å². The summed E-state index contributed by atoms with van der Waals surface area (Å²) in [6.45, 7) is -0.648. The van der Waals surface area contributed by atoms with E-state index in [-0.39, 0.29) is 11.4 Å². The molecule has 0 atom stereocenters. The van der Waals surface area contributed by atoms with Crippen LogP contribution in [0.25, 0.3) is 0 Å². The molecule has 1 heterocycles. The fraction of sp³-hybridized carbons (Fsp3) is 0.429. The van der Waals surface area contributed by atoms with Gasteiger partial charge in [0.25, 0.3) is 6.43 Å². The molecule has 15 heavy (non-hydrogen) atoms. The standard InChI is InChI=1S/C7H10F2N2O2S2/c8-7(9)3-11-15(12,13)6-1-5(2-10)14-4-6/h1,4,7,11H,2-3,10H2. The fourth-order valence-electron chi connectivity index (χ4n) is 0.864. The molecule has 0 bridgehead atoms. The SMILES string of the molecule is NCc1cc(S(=O)(=O)NCC(F)F)cs1. The maximum atomic E-state index is 11.8.